The van der Waals surface area contributed by atoms with Crippen LogP contribution < -0.4 is 9.64 Å². The van der Waals surface area contributed by atoms with Crippen molar-refractivity contribution in [3.05, 3.63) is 72.2 Å². The van der Waals surface area contributed by atoms with E-state index in [1.54, 1.807) is 12.3 Å². The van der Waals surface area contributed by atoms with Gasteiger partial charge in [0, 0.05) is 53.8 Å². The van der Waals surface area contributed by atoms with Gasteiger partial charge in [-0.25, -0.2) is 9.37 Å². The smallest absolute Gasteiger partial charge is 0.417 e. The molecular formula is C35H37F4N3O2. The number of carbonyl (C=O) groups excluding carboxylic acids is 1. The molecule has 6 saturated carbocycles. The van der Waals surface area contributed by atoms with E-state index in [1.807, 2.05) is 48.2 Å². The maximum absolute atomic E-state index is 14.4. The fourth-order valence-electron chi connectivity index (χ4n) is 8.52. The number of hydrogen-bond acceptors (Lipinski definition) is 4. The molecule has 1 amide bonds. The lowest BCUT2D eigenvalue weighted by Crippen LogP contribution is -2.65. The lowest BCUT2D eigenvalue weighted by atomic mass is 9.41. The van der Waals surface area contributed by atoms with Crippen LogP contribution in [0.2, 0.25) is 0 Å². The molecule has 6 aliphatic carbocycles. The minimum Gasteiger partial charge on any atom is -0.478 e. The molecule has 1 aromatic carbocycles. The van der Waals surface area contributed by atoms with E-state index >= 15 is 0 Å². The number of fused-ring (bicyclic) bond motifs is 3. The van der Waals surface area contributed by atoms with Gasteiger partial charge in [-0.05, 0) is 111 Å². The number of alkyl halides is 4. The minimum absolute atomic E-state index is 0.0370. The van der Waals surface area contributed by atoms with Crippen LogP contribution in [0.4, 0.5) is 23.2 Å². The summed E-state index contributed by atoms with van der Waals surface area (Å²) in [6, 6.07) is 14.5. The van der Waals surface area contributed by atoms with Crippen LogP contribution >= 0.6 is 0 Å². The van der Waals surface area contributed by atoms with Crippen molar-refractivity contribution in [2.45, 2.75) is 88.4 Å². The number of amides is 1. The number of carbonyl (C=O) groups is 1. The van der Waals surface area contributed by atoms with Crippen LogP contribution in [-0.2, 0) is 16.4 Å². The van der Waals surface area contributed by atoms with E-state index in [4.69, 9.17) is 4.74 Å². The number of halogens is 4. The quantitative estimate of drug-likeness (QED) is 0.229. The molecule has 0 atom stereocenters. The zero-order valence-corrected chi connectivity index (χ0v) is 24.9. The van der Waals surface area contributed by atoms with E-state index in [0.717, 1.165) is 73.3 Å². The maximum Gasteiger partial charge on any atom is 0.417 e. The topological polar surface area (TPSA) is 55.3 Å². The lowest BCUT2D eigenvalue weighted by molar-refractivity contribution is -0.215. The molecule has 0 aliphatic heterocycles. The monoisotopic (exact) mass is 607 g/mol. The molecule has 3 aromatic rings. The number of aromatic nitrogens is 2. The second-order valence-electron chi connectivity index (χ2n) is 13.9. The average Bonchev–Trinajstić information content (AvgIpc) is 3.00. The van der Waals surface area contributed by atoms with Crippen LogP contribution in [0.1, 0.15) is 82.4 Å². The molecule has 0 N–H and O–H groups in total. The van der Waals surface area contributed by atoms with Crippen molar-refractivity contribution < 1.29 is 27.1 Å². The molecular weight excluding hydrogens is 570 g/mol. The third kappa shape index (κ3) is 5.16. The molecule has 0 unspecified atom stereocenters. The normalized spacial score (nSPS) is 30.3. The first-order chi connectivity index (χ1) is 20.9. The molecule has 44 heavy (non-hydrogen) atoms. The molecule has 2 aromatic heterocycles. The van der Waals surface area contributed by atoms with Gasteiger partial charge in [-0.1, -0.05) is 12.1 Å². The van der Waals surface area contributed by atoms with Gasteiger partial charge in [0.1, 0.15) is 5.67 Å². The number of rotatable bonds is 9. The van der Waals surface area contributed by atoms with Gasteiger partial charge in [-0.3, -0.25) is 9.78 Å². The van der Waals surface area contributed by atoms with Crippen LogP contribution in [0, 0.1) is 10.8 Å². The summed E-state index contributed by atoms with van der Waals surface area (Å²) in [6.45, 7) is 3.02. The van der Waals surface area contributed by atoms with Gasteiger partial charge in [0.15, 0.2) is 0 Å². The lowest BCUT2D eigenvalue weighted by Gasteiger charge is -2.66. The first-order valence-electron chi connectivity index (χ1n) is 15.7. The molecule has 0 spiro atoms. The number of anilines is 1. The van der Waals surface area contributed by atoms with Gasteiger partial charge in [0.2, 0.25) is 11.8 Å². The van der Waals surface area contributed by atoms with Gasteiger partial charge in [0.05, 0.1) is 12.2 Å². The van der Waals surface area contributed by atoms with E-state index in [9.17, 15) is 22.4 Å². The Morgan fingerprint density at radius 2 is 1.61 bits per heavy atom. The molecule has 6 aliphatic rings. The van der Waals surface area contributed by atoms with Gasteiger partial charge in [-0.2, -0.15) is 13.2 Å². The number of pyridine rings is 2. The summed E-state index contributed by atoms with van der Waals surface area (Å²) >= 11 is 0. The van der Waals surface area contributed by atoms with Crippen molar-refractivity contribution in [1.82, 2.24) is 9.97 Å². The first kappa shape index (κ1) is 29.2. The highest BCUT2D eigenvalue weighted by Crippen LogP contribution is 2.71. The first-order valence-corrected chi connectivity index (χ1v) is 15.7. The fourth-order valence-corrected chi connectivity index (χ4v) is 8.52. The van der Waals surface area contributed by atoms with Gasteiger partial charge in [-0.15, -0.1) is 0 Å². The Morgan fingerprint density at radius 1 is 0.886 bits per heavy atom. The fraction of sp³-hybridized carbons (Fsp3) is 0.514. The number of nitrogens with zero attached hydrogens (tertiary/aromatic N) is 3. The zero-order valence-electron chi connectivity index (χ0n) is 24.9. The van der Waals surface area contributed by atoms with Crippen LogP contribution in [0.5, 0.6) is 5.88 Å². The van der Waals surface area contributed by atoms with Gasteiger partial charge >= 0.3 is 6.18 Å². The molecule has 6 fully saturated rings. The molecule has 2 heterocycles. The summed E-state index contributed by atoms with van der Waals surface area (Å²) in [5, 5.41) is 0. The van der Waals surface area contributed by atoms with Crippen LogP contribution in [0.25, 0.3) is 11.1 Å². The molecule has 5 nitrogen and oxygen atoms in total. The van der Waals surface area contributed by atoms with Crippen molar-refractivity contribution in [3.63, 3.8) is 0 Å². The van der Waals surface area contributed by atoms with E-state index in [-0.39, 0.29) is 22.2 Å². The largest absolute Gasteiger partial charge is 0.478 e. The third-order valence-electron chi connectivity index (χ3n) is 11.0. The zero-order chi connectivity index (χ0) is 30.8. The Labute approximate surface area is 255 Å². The summed E-state index contributed by atoms with van der Waals surface area (Å²) in [6.07, 6.45) is 5.24. The predicted octanol–water partition coefficient (Wildman–Crippen LogP) is 8.47. The second-order valence-corrected chi connectivity index (χ2v) is 13.9. The summed E-state index contributed by atoms with van der Waals surface area (Å²) in [7, 11) is 0. The number of ether oxygens (including phenoxy) is 1. The second kappa shape index (κ2) is 10.3. The number of benzene rings is 1. The molecule has 9 heteroatoms. The van der Waals surface area contributed by atoms with Crippen LogP contribution in [0.3, 0.4) is 0 Å². The minimum atomic E-state index is -4.40. The molecule has 0 radical (unpaired) electrons. The van der Waals surface area contributed by atoms with Crippen LogP contribution in [-0.4, -0.2) is 34.7 Å². The Hall–Kier alpha value is -3.49. The molecule has 0 saturated heterocycles. The highest BCUT2D eigenvalue weighted by molar-refractivity contribution is 5.95. The highest BCUT2D eigenvalue weighted by atomic mass is 19.4. The molecule has 4 bridgehead atoms. The van der Waals surface area contributed by atoms with E-state index in [0.29, 0.717) is 44.7 Å². The van der Waals surface area contributed by atoms with Gasteiger partial charge < -0.3 is 9.64 Å². The van der Waals surface area contributed by atoms with E-state index in [1.165, 1.54) is 0 Å². The standard InChI is InChI=1S/C35H37F4N3O2/c1-2-44-29-9-6-25(18-41-29)24-4-3-5-27(16-24)42(30(43)17-32-20-34(36,21-32)22-32)23-31-10-13-33(14-11-31,15-12-31)28-8-7-26(19-40-28)35(37,38)39/h3-9,16,18-19H,2,10-15,17,20-23H2,1H3. The van der Waals surface area contributed by atoms with E-state index in [2.05, 4.69) is 9.97 Å². The van der Waals surface area contributed by atoms with Crippen molar-refractivity contribution >= 4 is 11.6 Å². The Balaban J connectivity index is 1.12. The van der Waals surface area contributed by atoms with Crippen molar-refractivity contribution in [2.24, 2.45) is 10.8 Å². The maximum atomic E-state index is 14.4. The Kier molecular flexibility index (Phi) is 6.83. The van der Waals surface area contributed by atoms with E-state index < -0.39 is 17.4 Å². The summed E-state index contributed by atoms with van der Waals surface area (Å²) in [4.78, 5) is 24.7. The number of hydrogen-bond donors (Lipinski definition) is 0. The van der Waals surface area contributed by atoms with Crippen LogP contribution in [0.15, 0.2) is 60.9 Å². The third-order valence-corrected chi connectivity index (χ3v) is 11.0. The van der Waals surface area contributed by atoms with Crippen molar-refractivity contribution in [3.8, 4) is 17.0 Å². The SMILES string of the molecule is CCOc1ccc(-c2cccc(N(CC34CCC(c5ccc(C(F)(F)F)cn5)(CC3)CC4)C(=O)CC34CC(F)(C3)C4)c2)cn1. The Morgan fingerprint density at radius 3 is 2.18 bits per heavy atom. The summed E-state index contributed by atoms with van der Waals surface area (Å²) in [5.74, 6) is 0.597. The average molecular weight is 608 g/mol. The Bertz CT molecular complexity index is 1510. The summed E-state index contributed by atoms with van der Waals surface area (Å²) < 4.78 is 59.3. The molecule has 232 valence electrons. The van der Waals surface area contributed by atoms with Crippen molar-refractivity contribution in [2.75, 3.05) is 18.1 Å². The summed E-state index contributed by atoms with van der Waals surface area (Å²) in [5.41, 5.74) is 1.14. The van der Waals surface area contributed by atoms with Gasteiger partial charge in [0.25, 0.3) is 0 Å². The highest BCUT2D eigenvalue weighted by Gasteiger charge is 2.69. The van der Waals surface area contributed by atoms with Crippen molar-refractivity contribution in [1.29, 1.82) is 0 Å². The molecule has 9 rings (SSSR count). The predicted molar refractivity (Wildman–Crippen MR) is 159 cm³/mol.